The zero-order chi connectivity index (χ0) is 13.8. The molecule has 2 atom stereocenters. The first-order valence-electron chi connectivity index (χ1n) is 4.30. The van der Waals surface area contributed by atoms with E-state index in [0.29, 0.717) is 6.92 Å². The summed E-state index contributed by atoms with van der Waals surface area (Å²) in [7, 11) is 0. The van der Waals surface area contributed by atoms with Gasteiger partial charge >= 0.3 is 18.4 Å². The molecule has 0 spiro atoms. The van der Waals surface area contributed by atoms with E-state index in [1.54, 1.807) is 0 Å². The number of hydrogen-bond donors (Lipinski definition) is 4. The highest BCUT2D eigenvalue weighted by molar-refractivity contribution is 5.71. The number of hydrazine groups is 1. The molecule has 0 aromatic heterocycles. The Labute approximate surface area is 93.4 Å². The number of carbonyl (C=O) groups is 2. The molecule has 100 valence electrons. The van der Waals surface area contributed by atoms with E-state index in [2.05, 4.69) is 0 Å². The van der Waals surface area contributed by atoms with Crippen molar-refractivity contribution in [1.29, 1.82) is 0 Å². The summed E-state index contributed by atoms with van der Waals surface area (Å²) in [5.41, 5.74) is 1.27. The van der Waals surface area contributed by atoms with E-state index < -0.39 is 36.9 Å². The molecule has 0 aromatic rings. The zero-order valence-corrected chi connectivity index (χ0v) is 8.60. The number of nitrogens with one attached hydrogen (secondary N) is 1. The molecule has 0 bridgehead atoms. The van der Waals surface area contributed by atoms with E-state index in [1.807, 2.05) is 0 Å². The van der Waals surface area contributed by atoms with Crippen molar-refractivity contribution >= 4 is 12.2 Å². The number of alkyl halides is 3. The van der Waals surface area contributed by atoms with Gasteiger partial charge in [-0.2, -0.15) is 13.2 Å². The maximum atomic E-state index is 12.3. The lowest BCUT2D eigenvalue weighted by Gasteiger charge is -2.32. The Bertz CT molecular complexity index is 296. The van der Waals surface area contributed by atoms with Gasteiger partial charge in [-0.05, 0) is 0 Å². The van der Waals surface area contributed by atoms with E-state index in [4.69, 9.17) is 15.3 Å². The lowest BCUT2D eigenvalue weighted by Crippen LogP contribution is -2.57. The van der Waals surface area contributed by atoms with Gasteiger partial charge < -0.3 is 15.3 Å². The second-order valence-electron chi connectivity index (χ2n) is 3.15. The molecule has 7 nitrogen and oxygen atoms in total. The number of aliphatic hydroxyl groups is 1. The van der Waals surface area contributed by atoms with E-state index in [-0.39, 0.29) is 5.01 Å². The molecule has 10 heteroatoms. The number of aliphatic hydroxyl groups excluding tert-OH is 1. The van der Waals surface area contributed by atoms with Crippen LogP contribution in [0.3, 0.4) is 0 Å². The van der Waals surface area contributed by atoms with Crippen LogP contribution in [-0.4, -0.2) is 51.3 Å². The van der Waals surface area contributed by atoms with Crippen molar-refractivity contribution in [3.8, 4) is 0 Å². The molecular formula is C7H11F3N2O5. The monoisotopic (exact) mass is 260 g/mol. The summed E-state index contributed by atoms with van der Waals surface area (Å²) in [6.07, 6.45) is -8.55. The van der Waals surface area contributed by atoms with Crippen LogP contribution in [0.4, 0.5) is 22.8 Å². The third-order valence-corrected chi connectivity index (χ3v) is 2.03. The van der Waals surface area contributed by atoms with Gasteiger partial charge in [-0.15, -0.1) is 0 Å². The Hall–Kier alpha value is -1.71. The van der Waals surface area contributed by atoms with Crippen LogP contribution in [0.1, 0.15) is 6.92 Å². The normalized spacial score (nSPS) is 14.9. The van der Waals surface area contributed by atoms with E-state index in [9.17, 15) is 22.8 Å². The molecule has 0 unspecified atom stereocenters. The lowest BCUT2D eigenvalue weighted by atomic mass is 10.0. The number of amides is 2. The lowest BCUT2D eigenvalue weighted by molar-refractivity contribution is -0.189. The maximum Gasteiger partial charge on any atom is 0.426 e. The molecular weight excluding hydrogens is 249 g/mol. The third kappa shape index (κ3) is 4.34. The molecule has 2 amide bonds. The zero-order valence-electron chi connectivity index (χ0n) is 8.60. The van der Waals surface area contributed by atoms with Crippen molar-refractivity contribution in [3.05, 3.63) is 0 Å². The maximum absolute atomic E-state index is 12.3. The molecule has 0 aromatic carbocycles. The van der Waals surface area contributed by atoms with Crippen molar-refractivity contribution in [2.24, 2.45) is 5.92 Å². The quantitative estimate of drug-likeness (QED) is 0.558. The molecule has 0 aliphatic carbocycles. The first-order chi connectivity index (χ1) is 7.61. The van der Waals surface area contributed by atoms with Gasteiger partial charge in [0.1, 0.15) is 0 Å². The molecule has 0 rings (SSSR count). The van der Waals surface area contributed by atoms with Gasteiger partial charge in [0.2, 0.25) is 0 Å². The highest BCUT2D eigenvalue weighted by Gasteiger charge is 2.45. The van der Waals surface area contributed by atoms with Crippen molar-refractivity contribution in [3.63, 3.8) is 0 Å². The number of hydrogen-bond acceptors (Lipinski definition) is 3. The second-order valence-corrected chi connectivity index (χ2v) is 3.15. The summed E-state index contributed by atoms with van der Waals surface area (Å²) in [6.45, 7) is -0.534. The number of halogens is 3. The molecule has 0 saturated carbocycles. The Morgan fingerprint density at radius 2 is 1.82 bits per heavy atom. The minimum atomic E-state index is -4.76. The van der Waals surface area contributed by atoms with Crippen molar-refractivity contribution < 1.29 is 38.1 Å². The number of carboxylic acid groups (broad SMARTS) is 2. The predicted octanol–water partition coefficient (Wildman–Crippen LogP) is 0.708. The van der Waals surface area contributed by atoms with Gasteiger partial charge in [0.15, 0.2) is 0 Å². The SMILES string of the molecule is C[C@@H]([C@@H](CO)N(NC(=O)O)C(=O)O)C(F)(F)F. The van der Waals surface area contributed by atoms with Gasteiger partial charge in [-0.25, -0.2) is 20.0 Å². The highest BCUT2D eigenvalue weighted by Crippen LogP contribution is 2.30. The minimum absolute atomic E-state index is 0.194. The summed E-state index contributed by atoms with van der Waals surface area (Å²) < 4.78 is 37.0. The average molecular weight is 260 g/mol. The molecule has 0 fully saturated rings. The summed E-state index contributed by atoms with van der Waals surface area (Å²) >= 11 is 0. The minimum Gasteiger partial charge on any atom is -0.464 e. The molecule has 4 N–H and O–H groups in total. The predicted molar refractivity (Wildman–Crippen MR) is 47.1 cm³/mol. The van der Waals surface area contributed by atoms with Gasteiger partial charge in [0.05, 0.1) is 18.6 Å². The van der Waals surface area contributed by atoms with E-state index in [0.717, 1.165) is 0 Å². The van der Waals surface area contributed by atoms with Crippen LogP contribution in [0.2, 0.25) is 0 Å². The standard InChI is InChI=1S/C7H11F3N2O5/c1-3(7(8,9)10)4(2-13)12(6(16)17)11-5(14)15/h3-4,11,13H,2H2,1H3,(H,14,15)(H,16,17)/t3-,4+/m0/s1. The molecule has 17 heavy (non-hydrogen) atoms. The Morgan fingerprint density at radius 1 is 1.35 bits per heavy atom. The molecule has 0 aliphatic heterocycles. The number of rotatable bonds is 3. The average Bonchev–Trinajstić information content (AvgIpc) is 2.14. The van der Waals surface area contributed by atoms with Crippen molar-refractivity contribution in [2.75, 3.05) is 6.61 Å². The van der Waals surface area contributed by atoms with Crippen LogP contribution < -0.4 is 5.43 Å². The Balaban J connectivity index is 5.03. The van der Waals surface area contributed by atoms with Crippen LogP contribution in [-0.2, 0) is 0 Å². The second kappa shape index (κ2) is 5.57. The highest BCUT2D eigenvalue weighted by atomic mass is 19.4. The molecule has 0 saturated heterocycles. The Kier molecular flexibility index (Phi) is 5.01. The van der Waals surface area contributed by atoms with Crippen LogP contribution >= 0.6 is 0 Å². The first-order valence-corrected chi connectivity index (χ1v) is 4.30. The van der Waals surface area contributed by atoms with Crippen molar-refractivity contribution in [2.45, 2.75) is 19.1 Å². The summed E-state index contributed by atoms with van der Waals surface area (Å²) in [5.74, 6) is -2.23. The van der Waals surface area contributed by atoms with Crippen LogP contribution in [0, 0.1) is 5.92 Å². The molecule has 0 heterocycles. The number of nitrogens with zero attached hydrogens (tertiary/aromatic N) is 1. The van der Waals surface area contributed by atoms with Crippen LogP contribution in [0.25, 0.3) is 0 Å². The smallest absolute Gasteiger partial charge is 0.426 e. The van der Waals surface area contributed by atoms with E-state index >= 15 is 0 Å². The fraction of sp³-hybridized carbons (Fsp3) is 0.714. The van der Waals surface area contributed by atoms with Gasteiger partial charge in [-0.1, -0.05) is 6.92 Å². The fourth-order valence-corrected chi connectivity index (χ4v) is 1.06. The topological polar surface area (TPSA) is 110 Å². The van der Waals surface area contributed by atoms with Gasteiger partial charge in [0, 0.05) is 0 Å². The summed E-state index contributed by atoms with van der Waals surface area (Å²) in [4.78, 5) is 20.8. The third-order valence-electron chi connectivity index (χ3n) is 2.03. The summed E-state index contributed by atoms with van der Waals surface area (Å²) in [6, 6.07) is -1.96. The molecule has 0 radical (unpaired) electrons. The van der Waals surface area contributed by atoms with Gasteiger partial charge in [0.25, 0.3) is 0 Å². The van der Waals surface area contributed by atoms with Crippen molar-refractivity contribution in [1.82, 2.24) is 10.4 Å². The van der Waals surface area contributed by atoms with Gasteiger partial charge in [-0.3, -0.25) is 0 Å². The first kappa shape index (κ1) is 15.3. The molecule has 0 aliphatic rings. The largest absolute Gasteiger partial charge is 0.464 e. The fourth-order valence-electron chi connectivity index (χ4n) is 1.06. The van der Waals surface area contributed by atoms with Crippen LogP contribution in [0.5, 0.6) is 0 Å². The Morgan fingerprint density at radius 3 is 2.06 bits per heavy atom. The van der Waals surface area contributed by atoms with E-state index in [1.165, 1.54) is 5.43 Å². The summed E-state index contributed by atoms with van der Waals surface area (Å²) in [5, 5.41) is 25.4. The van der Waals surface area contributed by atoms with Crippen LogP contribution in [0.15, 0.2) is 0 Å².